The van der Waals surface area contributed by atoms with E-state index in [0.717, 1.165) is 0 Å². The van der Waals surface area contributed by atoms with E-state index in [4.69, 9.17) is 4.74 Å². The van der Waals surface area contributed by atoms with Crippen LogP contribution in [0.25, 0.3) is 0 Å². The highest BCUT2D eigenvalue weighted by Gasteiger charge is 2.64. The molecule has 0 aromatic heterocycles. The van der Waals surface area contributed by atoms with Crippen LogP contribution in [0.4, 0.5) is 0 Å². The molecule has 0 radical (unpaired) electrons. The number of esters is 2. The molecule has 0 aromatic rings. The minimum absolute atomic E-state index is 0.553. The van der Waals surface area contributed by atoms with Crippen LogP contribution in [0, 0.1) is 0 Å². The van der Waals surface area contributed by atoms with Gasteiger partial charge in [0.1, 0.15) is 0 Å². The molecule has 12 heavy (non-hydrogen) atoms. The first-order valence-electron chi connectivity index (χ1n) is 3.40. The molecular formula is C7H10O5. The Bertz CT molecular complexity index is 224. The molecule has 0 saturated carbocycles. The second-order valence-corrected chi connectivity index (χ2v) is 2.62. The molecule has 68 valence electrons. The first-order valence-corrected chi connectivity index (χ1v) is 3.40. The van der Waals surface area contributed by atoms with E-state index in [1.165, 1.54) is 21.1 Å². The average Bonchev–Trinajstić information content (AvgIpc) is 2.76. The van der Waals surface area contributed by atoms with Crippen LogP contribution in [0.15, 0.2) is 0 Å². The van der Waals surface area contributed by atoms with Crippen LogP contribution >= 0.6 is 0 Å². The van der Waals surface area contributed by atoms with E-state index in [1.807, 2.05) is 0 Å². The first-order chi connectivity index (χ1) is 5.56. The van der Waals surface area contributed by atoms with Crippen LogP contribution in [0.1, 0.15) is 6.92 Å². The maximum absolute atomic E-state index is 11.0. The molecule has 1 rings (SSSR count). The standard InChI is InChI=1S/C7H10O5/c1-7(6(9)11-3)4(12-7)5(8)10-2/h4H,1-3H3/t4-,7-/m0/s1. The fourth-order valence-corrected chi connectivity index (χ4v) is 0.949. The van der Waals surface area contributed by atoms with Crippen LogP contribution in [-0.2, 0) is 23.8 Å². The highest BCUT2D eigenvalue weighted by Crippen LogP contribution is 2.37. The number of carbonyl (C=O) groups excluding carboxylic acids is 2. The van der Waals surface area contributed by atoms with Gasteiger partial charge in [-0.3, -0.25) is 0 Å². The SMILES string of the molecule is COC(=O)[C@@H]1O[C@]1(C)C(=O)OC. The minimum atomic E-state index is -1.14. The van der Waals surface area contributed by atoms with Crippen LogP contribution in [0.5, 0.6) is 0 Å². The van der Waals surface area contributed by atoms with Crippen molar-refractivity contribution in [1.82, 2.24) is 0 Å². The van der Waals surface area contributed by atoms with Gasteiger partial charge in [-0.05, 0) is 6.92 Å². The summed E-state index contributed by atoms with van der Waals surface area (Å²) < 4.78 is 13.7. The monoisotopic (exact) mass is 174 g/mol. The number of ether oxygens (including phenoxy) is 3. The number of methoxy groups -OCH3 is 2. The molecule has 0 unspecified atom stereocenters. The van der Waals surface area contributed by atoms with Gasteiger partial charge in [0.2, 0.25) is 0 Å². The van der Waals surface area contributed by atoms with E-state index < -0.39 is 23.6 Å². The largest absolute Gasteiger partial charge is 0.467 e. The smallest absolute Gasteiger partial charge is 0.341 e. The van der Waals surface area contributed by atoms with E-state index >= 15 is 0 Å². The zero-order valence-electron chi connectivity index (χ0n) is 7.12. The molecule has 5 nitrogen and oxygen atoms in total. The van der Waals surface area contributed by atoms with Crippen molar-refractivity contribution < 1.29 is 23.8 Å². The molecule has 0 amide bonds. The summed E-state index contributed by atoms with van der Waals surface area (Å²) in [5.41, 5.74) is -1.14. The van der Waals surface area contributed by atoms with E-state index in [9.17, 15) is 9.59 Å². The lowest BCUT2D eigenvalue weighted by molar-refractivity contribution is -0.147. The molecule has 1 saturated heterocycles. The Balaban J connectivity index is 2.59. The van der Waals surface area contributed by atoms with Crippen molar-refractivity contribution in [1.29, 1.82) is 0 Å². The summed E-state index contributed by atoms with van der Waals surface area (Å²) in [4.78, 5) is 21.8. The van der Waals surface area contributed by atoms with Gasteiger partial charge in [-0.25, -0.2) is 9.59 Å². The van der Waals surface area contributed by atoms with Gasteiger partial charge in [0.15, 0.2) is 11.7 Å². The Kier molecular flexibility index (Phi) is 2.06. The molecule has 1 aliphatic heterocycles. The molecule has 0 spiro atoms. The molecule has 0 aliphatic carbocycles. The number of hydrogen-bond donors (Lipinski definition) is 0. The molecule has 2 atom stereocenters. The van der Waals surface area contributed by atoms with Crippen molar-refractivity contribution in [2.45, 2.75) is 18.6 Å². The van der Waals surface area contributed by atoms with Crippen molar-refractivity contribution in [3.8, 4) is 0 Å². The zero-order chi connectivity index (χ0) is 9.35. The van der Waals surface area contributed by atoms with Crippen LogP contribution < -0.4 is 0 Å². The predicted molar refractivity (Wildman–Crippen MR) is 37.3 cm³/mol. The van der Waals surface area contributed by atoms with Crippen LogP contribution in [0.3, 0.4) is 0 Å². The molecule has 0 bridgehead atoms. The van der Waals surface area contributed by atoms with Gasteiger partial charge >= 0.3 is 11.9 Å². The Morgan fingerprint density at radius 2 is 1.92 bits per heavy atom. The Morgan fingerprint density at radius 3 is 2.33 bits per heavy atom. The number of hydrogen-bond acceptors (Lipinski definition) is 5. The topological polar surface area (TPSA) is 65.1 Å². The number of rotatable bonds is 2. The first kappa shape index (κ1) is 8.99. The van der Waals surface area contributed by atoms with Crippen molar-refractivity contribution in [3.63, 3.8) is 0 Å². The zero-order valence-corrected chi connectivity index (χ0v) is 7.12. The molecule has 1 fully saturated rings. The van der Waals surface area contributed by atoms with E-state index in [1.54, 1.807) is 0 Å². The van der Waals surface area contributed by atoms with Crippen molar-refractivity contribution >= 4 is 11.9 Å². The summed E-state index contributed by atoms with van der Waals surface area (Å²) in [5.74, 6) is -1.11. The summed E-state index contributed by atoms with van der Waals surface area (Å²) in [6.07, 6.45) is -0.810. The number of epoxide rings is 1. The van der Waals surface area contributed by atoms with Crippen molar-refractivity contribution in [2.75, 3.05) is 14.2 Å². The summed E-state index contributed by atoms with van der Waals surface area (Å²) in [6, 6.07) is 0. The third-order valence-electron chi connectivity index (χ3n) is 1.81. The highest BCUT2D eigenvalue weighted by molar-refractivity contribution is 5.93. The van der Waals surface area contributed by atoms with Gasteiger partial charge in [0.05, 0.1) is 14.2 Å². The second-order valence-electron chi connectivity index (χ2n) is 2.62. The van der Waals surface area contributed by atoms with Gasteiger partial charge in [-0.15, -0.1) is 0 Å². The van der Waals surface area contributed by atoms with Crippen molar-refractivity contribution in [2.24, 2.45) is 0 Å². The molecule has 5 heteroatoms. The van der Waals surface area contributed by atoms with E-state index in [2.05, 4.69) is 9.47 Å². The maximum Gasteiger partial charge on any atom is 0.341 e. The second kappa shape index (κ2) is 2.75. The lowest BCUT2D eigenvalue weighted by Gasteiger charge is -2.01. The minimum Gasteiger partial charge on any atom is -0.467 e. The van der Waals surface area contributed by atoms with Gasteiger partial charge in [0, 0.05) is 0 Å². The quantitative estimate of drug-likeness (QED) is 0.416. The van der Waals surface area contributed by atoms with Gasteiger partial charge in [-0.1, -0.05) is 0 Å². The van der Waals surface area contributed by atoms with Gasteiger partial charge < -0.3 is 14.2 Å². The fourth-order valence-electron chi connectivity index (χ4n) is 0.949. The summed E-state index contributed by atoms with van der Waals surface area (Å²) in [6.45, 7) is 1.49. The lowest BCUT2D eigenvalue weighted by atomic mass is 10.1. The molecule has 0 N–H and O–H groups in total. The summed E-state index contributed by atoms with van der Waals surface area (Å²) in [7, 11) is 2.48. The summed E-state index contributed by atoms with van der Waals surface area (Å²) in [5, 5.41) is 0. The maximum atomic E-state index is 11.0. The van der Waals surface area contributed by atoms with Crippen LogP contribution in [-0.4, -0.2) is 37.9 Å². The van der Waals surface area contributed by atoms with Crippen LogP contribution in [0.2, 0.25) is 0 Å². The highest BCUT2D eigenvalue weighted by atomic mass is 16.7. The predicted octanol–water partition coefficient (Wildman–Crippen LogP) is -0.510. The lowest BCUT2D eigenvalue weighted by Crippen LogP contribution is -2.28. The fraction of sp³-hybridized carbons (Fsp3) is 0.714. The third kappa shape index (κ3) is 1.16. The number of carbonyl (C=O) groups is 2. The van der Waals surface area contributed by atoms with Gasteiger partial charge in [-0.2, -0.15) is 0 Å². The molecule has 1 heterocycles. The molecular weight excluding hydrogens is 164 g/mol. The molecule has 0 aromatic carbocycles. The Hall–Kier alpha value is -1.10. The molecule has 1 aliphatic rings. The Labute approximate surface area is 69.6 Å². The normalized spacial score (nSPS) is 32.4. The van der Waals surface area contributed by atoms with Crippen molar-refractivity contribution in [3.05, 3.63) is 0 Å². The average molecular weight is 174 g/mol. The van der Waals surface area contributed by atoms with E-state index in [0.29, 0.717) is 0 Å². The third-order valence-corrected chi connectivity index (χ3v) is 1.81. The van der Waals surface area contributed by atoms with E-state index in [-0.39, 0.29) is 0 Å². The van der Waals surface area contributed by atoms with Gasteiger partial charge in [0.25, 0.3) is 0 Å². The summed E-state index contributed by atoms with van der Waals surface area (Å²) >= 11 is 0. The Morgan fingerprint density at radius 1 is 1.33 bits per heavy atom.